The number of ether oxygens (including phenoxy) is 2. The number of amides is 1. The summed E-state index contributed by atoms with van der Waals surface area (Å²) >= 11 is 0. The number of nitrogens with one attached hydrogen (secondary N) is 1. The highest BCUT2D eigenvalue weighted by molar-refractivity contribution is 5.77. The number of aliphatic hydroxyl groups excluding tert-OH is 1. The Labute approximate surface area is 125 Å². The van der Waals surface area contributed by atoms with Crippen LogP contribution >= 0.6 is 0 Å². The smallest absolute Gasteiger partial charge is 0.258 e. The lowest BCUT2D eigenvalue weighted by Crippen LogP contribution is -2.41. The molecule has 0 spiro atoms. The molecule has 1 amide bonds. The minimum Gasteiger partial charge on any atom is -0.484 e. The van der Waals surface area contributed by atoms with Crippen molar-refractivity contribution in [1.29, 1.82) is 0 Å². The van der Waals surface area contributed by atoms with E-state index in [9.17, 15) is 9.90 Å². The van der Waals surface area contributed by atoms with Gasteiger partial charge in [-0.2, -0.15) is 0 Å². The molecule has 0 saturated carbocycles. The first-order valence-electron chi connectivity index (χ1n) is 7.47. The molecule has 0 aromatic heterocycles. The van der Waals surface area contributed by atoms with Crippen LogP contribution in [0, 0.1) is 0 Å². The molecule has 0 bridgehead atoms. The van der Waals surface area contributed by atoms with Gasteiger partial charge in [-0.15, -0.1) is 0 Å². The molecule has 0 aliphatic carbocycles. The van der Waals surface area contributed by atoms with Crippen molar-refractivity contribution in [3.8, 4) is 5.75 Å². The summed E-state index contributed by atoms with van der Waals surface area (Å²) < 4.78 is 10.7. The Kier molecular flexibility index (Phi) is 6.02. The van der Waals surface area contributed by atoms with Gasteiger partial charge in [0.05, 0.1) is 6.10 Å². The average Bonchev–Trinajstić information content (AvgIpc) is 2.53. The molecule has 2 N–H and O–H groups in total. The molecule has 1 saturated heterocycles. The monoisotopic (exact) mass is 293 g/mol. The summed E-state index contributed by atoms with van der Waals surface area (Å²) in [6.45, 7) is 3.34. The highest BCUT2D eigenvalue weighted by Crippen LogP contribution is 2.19. The van der Waals surface area contributed by atoms with E-state index in [4.69, 9.17) is 9.47 Å². The number of hydrogen-bond donors (Lipinski definition) is 2. The van der Waals surface area contributed by atoms with E-state index >= 15 is 0 Å². The van der Waals surface area contributed by atoms with Gasteiger partial charge in [0, 0.05) is 19.3 Å². The maximum atomic E-state index is 11.8. The predicted octanol–water partition coefficient (Wildman–Crippen LogP) is 1.80. The highest BCUT2D eigenvalue weighted by Gasteiger charge is 2.16. The third kappa shape index (κ3) is 5.02. The molecule has 2 rings (SSSR count). The van der Waals surface area contributed by atoms with Crippen molar-refractivity contribution in [1.82, 2.24) is 5.32 Å². The summed E-state index contributed by atoms with van der Waals surface area (Å²) in [4.78, 5) is 11.8. The fourth-order valence-corrected chi connectivity index (χ4v) is 2.28. The molecular weight excluding hydrogens is 270 g/mol. The number of benzene rings is 1. The van der Waals surface area contributed by atoms with Crippen molar-refractivity contribution in [3.63, 3.8) is 0 Å². The van der Waals surface area contributed by atoms with Crippen LogP contribution in [0.15, 0.2) is 24.3 Å². The van der Waals surface area contributed by atoms with Crippen LogP contribution in [-0.4, -0.2) is 36.9 Å². The Morgan fingerprint density at radius 3 is 2.67 bits per heavy atom. The molecule has 21 heavy (non-hydrogen) atoms. The van der Waals surface area contributed by atoms with E-state index in [1.165, 1.54) is 0 Å². The molecule has 5 heteroatoms. The minimum absolute atomic E-state index is 0.00698. The minimum atomic E-state index is -0.448. The van der Waals surface area contributed by atoms with Gasteiger partial charge in [-0.05, 0) is 37.0 Å². The maximum absolute atomic E-state index is 11.8. The van der Waals surface area contributed by atoms with Crippen molar-refractivity contribution < 1.29 is 19.4 Å². The van der Waals surface area contributed by atoms with E-state index in [2.05, 4.69) is 5.32 Å². The fraction of sp³-hybridized carbons (Fsp3) is 0.562. The molecule has 0 unspecified atom stereocenters. The average molecular weight is 293 g/mol. The van der Waals surface area contributed by atoms with Crippen LogP contribution in [0.25, 0.3) is 0 Å². The van der Waals surface area contributed by atoms with Crippen LogP contribution in [0.4, 0.5) is 0 Å². The van der Waals surface area contributed by atoms with Gasteiger partial charge in [-0.3, -0.25) is 4.79 Å². The van der Waals surface area contributed by atoms with Crippen LogP contribution in [0.5, 0.6) is 5.75 Å². The topological polar surface area (TPSA) is 67.8 Å². The van der Waals surface area contributed by atoms with E-state index in [0.29, 0.717) is 25.4 Å². The molecule has 1 fully saturated rings. The second-order valence-electron chi connectivity index (χ2n) is 5.24. The van der Waals surface area contributed by atoms with Gasteiger partial charge in [0.2, 0.25) is 0 Å². The van der Waals surface area contributed by atoms with Crippen molar-refractivity contribution >= 4 is 5.91 Å². The van der Waals surface area contributed by atoms with Gasteiger partial charge in [-0.1, -0.05) is 19.1 Å². The number of hydrogen-bond acceptors (Lipinski definition) is 4. The molecule has 1 aliphatic rings. The van der Waals surface area contributed by atoms with Crippen molar-refractivity contribution in [2.45, 2.75) is 38.3 Å². The van der Waals surface area contributed by atoms with Crippen LogP contribution in [0.1, 0.15) is 37.9 Å². The molecular formula is C16H23NO4. The first-order chi connectivity index (χ1) is 10.2. The van der Waals surface area contributed by atoms with Crippen LogP contribution in [0.2, 0.25) is 0 Å². The van der Waals surface area contributed by atoms with Gasteiger partial charge in [0.15, 0.2) is 6.61 Å². The van der Waals surface area contributed by atoms with E-state index in [1.54, 1.807) is 12.1 Å². The van der Waals surface area contributed by atoms with Crippen molar-refractivity contribution in [2.75, 3.05) is 19.8 Å². The standard InChI is InChI=1S/C16H23NO4/c1-2-15(18)12-3-5-14(6-4-12)21-11-16(19)17-13-7-9-20-10-8-13/h3-6,13,15,18H,2,7-11H2,1H3,(H,17,19)/t15-/m0/s1. The molecule has 1 aromatic rings. The van der Waals surface area contributed by atoms with E-state index in [0.717, 1.165) is 18.4 Å². The molecule has 116 valence electrons. The SMILES string of the molecule is CC[C@H](O)c1ccc(OCC(=O)NC2CCOCC2)cc1. The van der Waals surface area contributed by atoms with E-state index in [1.807, 2.05) is 19.1 Å². The van der Waals surface area contributed by atoms with Gasteiger partial charge >= 0.3 is 0 Å². The summed E-state index contributed by atoms with van der Waals surface area (Å²) in [6.07, 6.45) is 1.94. The zero-order valence-electron chi connectivity index (χ0n) is 12.4. The Balaban J connectivity index is 1.75. The third-order valence-corrected chi connectivity index (χ3v) is 3.61. The summed E-state index contributed by atoms with van der Waals surface area (Å²) in [5.74, 6) is 0.517. The number of rotatable bonds is 6. The Morgan fingerprint density at radius 1 is 1.38 bits per heavy atom. The number of carbonyl (C=O) groups excluding carboxylic acids is 1. The summed E-state index contributed by atoms with van der Waals surface area (Å²) in [6, 6.07) is 7.38. The predicted molar refractivity (Wildman–Crippen MR) is 79.2 cm³/mol. The van der Waals surface area contributed by atoms with Crippen LogP contribution in [0.3, 0.4) is 0 Å². The quantitative estimate of drug-likeness (QED) is 0.839. The molecule has 5 nitrogen and oxygen atoms in total. The normalized spacial score (nSPS) is 17.2. The van der Waals surface area contributed by atoms with Gasteiger partial charge in [0.1, 0.15) is 5.75 Å². The first kappa shape index (κ1) is 15.8. The second-order valence-corrected chi connectivity index (χ2v) is 5.24. The summed E-state index contributed by atoms with van der Waals surface area (Å²) in [5.41, 5.74) is 0.858. The highest BCUT2D eigenvalue weighted by atomic mass is 16.5. The molecule has 1 aromatic carbocycles. The fourth-order valence-electron chi connectivity index (χ4n) is 2.28. The lowest BCUT2D eigenvalue weighted by atomic mass is 10.1. The molecule has 1 aliphatic heterocycles. The Morgan fingerprint density at radius 2 is 2.05 bits per heavy atom. The van der Waals surface area contributed by atoms with E-state index in [-0.39, 0.29) is 18.6 Å². The second kappa shape index (κ2) is 8.00. The Hall–Kier alpha value is -1.59. The maximum Gasteiger partial charge on any atom is 0.258 e. The molecule has 0 radical (unpaired) electrons. The zero-order chi connectivity index (χ0) is 15.1. The lowest BCUT2D eigenvalue weighted by Gasteiger charge is -2.23. The van der Waals surface area contributed by atoms with Gasteiger partial charge in [-0.25, -0.2) is 0 Å². The largest absolute Gasteiger partial charge is 0.484 e. The van der Waals surface area contributed by atoms with Crippen molar-refractivity contribution in [3.05, 3.63) is 29.8 Å². The van der Waals surface area contributed by atoms with Gasteiger partial charge in [0.25, 0.3) is 5.91 Å². The van der Waals surface area contributed by atoms with E-state index < -0.39 is 6.10 Å². The van der Waals surface area contributed by atoms with Crippen molar-refractivity contribution in [2.24, 2.45) is 0 Å². The van der Waals surface area contributed by atoms with Crippen LogP contribution < -0.4 is 10.1 Å². The molecule has 1 heterocycles. The third-order valence-electron chi connectivity index (χ3n) is 3.61. The molecule has 1 atom stereocenters. The zero-order valence-corrected chi connectivity index (χ0v) is 12.4. The first-order valence-corrected chi connectivity index (χ1v) is 7.47. The summed E-state index contributed by atoms with van der Waals surface area (Å²) in [5, 5.41) is 12.6. The summed E-state index contributed by atoms with van der Waals surface area (Å²) in [7, 11) is 0. The lowest BCUT2D eigenvalue weighted by molar-refractivity contribution is -0.124. The number of aliphatic hydroxyl groups is 1. The van der Waals surface area contributed by atoms with Gasteiger partial charge < -0.3 is 19.9 Å². The number of carbonyl (C=O) groups is 1. The van der Waals surface area contributed by atoms with Crippen LogP contribution in [-0.2, 0) is 9.53 Å². The Bertz CT molecular complexity index is 440.